The Bertz CT molecular complexity index is 980. The number of quaternary nitrogens is 1. The molecule has 2 unspecified atom stereocenters. The van der Waals surface area contributed by atoms with Crippen molar-refractivity contribution >= 4 is 19.8 Å². The number of unbranched alkanes of at least 4 members (excludes halogenated alkanes) is 22. The number of phosphoric acid groups is 1. The summed E-state index contributed by atoms with van der Waals surface area (Å²) in [6.45, 7) is 4.40. The van der Waals surface area contributed by atoms with Gasteiger partial charge in [-0.15, -0.1) is 0 Å². The van der Waals surface area contributed by atoms with E-state index in [9.17, 15) is 19.0 Å². The van der Waals surface area contributed by atoms with Crippen molar-refractivity contribution in [2.24, 2.45) is 0 Å². The molecule has 0 fully saturated rings. The summed E-state index contributed by atoms with van der Waals surface area (Å²) in [5.41, 5.74) is 0. The van der Waals surface area contributed by atoms with Gasteiger partial charge in [0, 0.05) is 12.8 Å². The summed E-state index contributed by atoms with van der Waals surface area (Å²) in [7, 11) is 1.47. The first-order chi connectivity index (χ1) is 26.0. The van der Waals surface area contributed by atoms with Crippen molar-refractivity contribution in [2.45, 2.75) is 200 Å². The highest BCUT2D eigenvalue weighted by Crippen LogP contribution is 2.43. The molecule has 0 bridgehead atoms. The molecule has 0 rings (SSSR count). The maximum atomic E-state index is 12.7. The first-order valence-corrected chi connectivity index (χ1v) is 23.6. The van der Waals surface area contributed by atoms with Crippen LogP contribution in [0.2, 0.25) is 0 Å². The molecule has 10 heteroatoms. The van der Waals surface area contributed by atoms with Crippen LogP contribution in [0, 0.1) is 0 Å². The molecule has 1 N–H and O–H groups in total. The van der Waals surface area contributed by atoms with Crippen LogP contribution < -0.4 is 0 Å². The maximum absolute atomic E-state index is 12.7. The third kappa shape index (κ3) is 40.2. The van der Waals surface area contributed by atoms with Gasteiger partial charge in [-0.25, -0.2) is 4.57 Å². The monoisotopic (exact) mass is 787 g/mol. The first kappa shape index (κ1) is 52.5. The molecule has 0 radical (unpaired) electrons. The fourth-order valence-electron chi connectivity index (χ4n) is 5.94. The van der Waals surface area contributed by atoms with Gasteiger partial charge >= 0.3 is 19.8 Å². The third-order valence-corrected chi connectivity index (χ3v) is 10.4. The van der Waals surface area contributed by atoms with Gasteiger partial charge in [0.2, 0.25) is 0 Å². The molecule has 0 amide bonds. The van der Waals surface area contributed by atoms with E-state index < -0.39 is 26.5 Å². The Labute approximate surface area is 332 Å². The lowest BCUT2D eigenvalue weighted by Gasteiger charge is -2.24. The van der Waals surface area contributed by atoms with Gasteiger partial charge in [0.1, 0.15) is 19.8 Å². The number of phosphoric ester groups is 1. The number of likely N-dealkylation sites (N-methyl/N-ethyl adjacent to an activating group) is 1. The summed E-state index contributed by atoms with van der Waals surface area (Å²) in [5, 5.41) is 0. The fraction of sp³-hybridized carbons (Fsp3) is 0.864. The van der Waals surface area contributed by atoms with Crippen LogP contribution in [0.1, 0.15) is 194 Å². The van der Waals surface area contributed by atoms with E-state index >= 15 is 0 Å². The molecule has 0 aromatic rings. The van der Waals surface area contributed by atoms with Gasteiger partial charge in [0.05, 0.1) is 27.7 Å². The van der Waals surface area contributed by atoms with Crippen molar-refractivity contribution in [2.75, 3.05) is 47.5 Å². The molecule has 0 saturated carbocycles. The molecule has 0 aliphatic rings. The molecule has 54 heavy (non-hydrogen) atoms. The summed E-state index contributed by atoms with van der Waals surface area (Å²) in [4.78, 5) is 35.3. The van der Waals surface area contributed by atoms with Crippen molar-refractivity contribution in [1.29, 1.82) is 0 Å². The van der Waals surface area contributed by atoms with Crippen LogP contribution in [0.5, 0.6) is 0 Å². The summed E-state index contributed by atoms with van der Waals surface area (Å²) >= 11 is 0. The predicted octanol–water partition coefficient (Wildman–Crippen LogP) is 12.4. The number of carbonyl (C=O) groups is 2. The van der Waals surface area contributed by atoms with Gasteiger partial charge in [-0.2, -0.15) is 0 Å². The molecule has 0 aromatic carbocycles. The number of rotatable bonds is 40. The van der Waals surface area contributed by atoms with Crippen LogP contribution in [-0.4, -0.2) is 74.9 Å². The Hall–Kier alpha value is -1.51. The van der Waals surface area contributed by atoms with E-state index in [0.29, 0.717) is 17.4 Å². The smallest absolute Gasteiger partial charge is 0.462 e. The largest absolute Gasteiger partial charge is 0.472 e. The normalized spacial score (nSPS) is 13.8. The molecule has 2 atom stereocenters. The number of ether oxygens (including phenoxy) is 2. The van der Waals surface area contributed by atoms with Gasteiger partial charge in [0.15, 0.2) is 6.10 Å². The number of hydrogen-bond acceptors (Lipinski definition) is 7. The number of nitrogens with zero attached hydrogens (tertiary/aromatic N) is 1. The van der Waals surface area contributed by atoms with Crippen molar-refractivity contribution < 1.29 is 42.1 Å². The highest BCUT2D eigenvalue weighted by molar-refractivity contribution is 7.47. The third-order valence-electron chi connectivity index (χ3n) is 9.45. The van der Waals surface area contributed by atoms with E-state index in [1.807, 2.05) is 21.1 Å². The second-order valence-electron chi connectivity index (χ2n) is 16.1. The minimum absolute atomic E-state index is 0.0299. The highest BCUT2D eigenvalue weighted by Gasteiger charge is 2.27. The van der Waals surface area contributed by atoms with Crippen molar-refractivity contribution in [3.8, 4) is 0 Å². The lowest BCUT2D eigenvalue weighted by molar-refractivity contribution is -0.870. The number of hydrogen-bond donors (Lipinski definition) is 1. The number of esters is 2. The van der Waals surface area contributed by atoms with Gasteiger partial charge in [-0.1, -0.05) is 141 Å². The van der Waals surface area contributed by atoms with Gasteiger partial charge in [0.25, 0.3) is 0 Å². The van der Waals surface area contributed by atoms with Gasteiger partial charge in [-0.05, 0) is 64.2 Å². The fourth-order valence-corrected chi connectivity index (χ4v) is 6.69. The van der Waals surface area contributed by atoms with Crippen LogP contribution in [0.4, 0.5) is 0 Å². The Balaban J connectivity index is 4.38. The number of allylic oxidation sites excluding steroid dienone is 4. The van der Waals surface area contributed by atoms with Crippen molar-refractivity contribution in [3.63, 3.8) is 0 Å². The number of carbonyl (C=O) groups excluding carboxylic acids is 2. The zero-order valence-corrected chi connectivity index (χ0v) is 36.6. The van der Waals surface area contributed by atoms with E-state index in [2.05, 4.69) is 38.2 Å². The van der Waals surface area contributed by atoms with Gasteiger partial charge < -0.3 is 18.9 Å². The lowest BCUT2D eigenvalue weighted by Crippen LogP contribution is -2.37. The first-order valence-electron chi connectivity index (χ1n) is 22.1. The molecular weight excluding hydrogens is 701 g/mol. The topological polar surface area (TPSA) is 108 Å². The van der Waals surface area contributed by atoms with Gasteiger partial charge in [-0.3, -0.25) is 18.6 Å². The zero-order valence-electron chi connectivity index (χ0n) is 35.7. The van der Waals surface area contributed by atoms with Crippen molar-refractivity contribution in [3.05, 3.63) is 24.3 Å². The van der Waals surface area contributed by atoms with Crippen LogP contribution in [0.15, 0.2) is 24.3 Å². The average Bonchev–Trinajstić information content (AvgIpc) is 3.12. The molecule has 0 aliphatic heterocycles. The molecule has 0 saturated heterocycles. The van der Waals surface area contributed by atoms with Crippen LogP contribution in [0.25, 0.3) is 0 Å². The minimum Gasteiger partial charge on any atom is -0.462 e. The van der Waals surface area contributed by atoms with E-state index in [4.69, 9.17) is 18.5 Å². The summed E-state index contributed by atoms with van der Waals surface area (Å²) < 4.78 is 34.3. The molecule has 0 aliphatic carbocycles. The van der Waals surface area contributed by atoms with Crippen LogP contribution in [-0.2, 0) is 32.7 Å². The Morgan fingerprint density at radius 1 is 0.556 bits per heavy atom. The summed E-state index contributed by atoms with van der Waals surface area (Å²) in [5.74, 6) is -0.814. The molecule has 9 nitrogen and oxygen atoms in total. The summed E-state index contributed by atoms with van der Waals surface area (Å²) in [6.07, 6.45) is 39.3. The predicted molar refractivity (Wildman–Crippen MR) is 224 cm³/mol. The quantitative estimate of drug-likeness (QED) is 0.0215. The molecule has 0 spiro atoms. The molecule has 0 heterocycles. The Kier molecular flexibility index (Phi) is 36.1. The SMILES string of the molecule is CCCCCCCCC=CCCCCCCCC(=O)OCC(COP(=O)(O)OCC[N+](C)(C)C)OC(=O)CCCCCCCC=CCCCCCCCC. The minimum atomic E-state index is -4.37. The Morgan fingerprint density at radius 2 is 0.944 bits per heavy atom. The van der Waals surface area contributed by atoms with Crippen molar-refractivity contribution in [1.82, 2.24) is 0 Å². The second kappa shape index (κ2) is 37.1. The van der Waals surface area contributed by atoms with Crippen LogP contribution in [0.3, 0.4) is 0 Å². The molecular formula is C44H85NO8P+. The molecule has 318 valence electrons. The lowest BCUT2D eigenvalue weighted by atomic mass is 10.1. The van der Waals surface area contributed by atoms with E-state index in [1.165, 1.54) is 89.9 Å². The Morgan fingerprint density at radius 3 is 1.37 bits per heavy atom. The average molecular weight is 787 g/mol. The second-order valence-corrected chi connectivity index (χ2v) is 17.5. The van der Waals surface area contributed by atoms with E-state index in [0.717, 1.165) is 70.6 Å². The van der Waals surface area contributed by atoms with E-state index in [-0.39, 0.29) is 32.0 Å². The summed E-state index contributed by atoms with van der Waals surface area (Å²) in [6, 6.07) is 0. The van der Waals surface area contributed by atoms with Crippen LogP contribution >= 0.6 is 7.82 Å². The maximum Gasteiger partial charge on any atom is 0.472 e. The van der Waals surface area contributed by atoms with E-state index in [1.54, 1.807) is 0 Å². The molecule has 0 aromatic heterocycles. The standard InChI is InChI=1S/C44H84NO8P/c1-6-8-10-12-14-16-18-20-22-24-26-28-30-32-34-36-43(46)50-40-42(41-52-54(48,49)51-39-38-45(3,4)5)53-44(47)37-35-33-31-29-27-25-23-21-19-17-15-13-11-9-7-2/h20-23,42H,6-19,24-41H2,1-5H3/p+1. The zero-order chi connectivity index (χ0) is 40.0. The highest BCUT2D eigenvalue weighted by atomic mass is 31.2.